The number of carbonyl (C=O) groups excluding carboxylic acids is 2. The lowest BCUT2D eigenvalue weighted by Gasteiger charge is -2.31. The molecular weight excluding hydrogens is 242 g/mol. The summed E-state index contributed by atoms with van der Waals surface area (Å²) in [4.78, 5) is 25.9. The van der Waals surface area contributed by atoms with Crippen molar-refractivity contribution < 1.29 is 14.3 Å². The Morgan fingerprint density at radius 3 is 2.11 bits per heavy atom. The monoisotopic (exact) mass is 267 g/mol. The number of rotatable bonds is 10. The molecule has 0 aliphatic rings. The highest BCUT2D eigenvalue weighted by Crippen LogP contribution is 2.16. The Morgan fingerprint density at radius 1 is 1.21 bits per heavy atom. The molecule has 0 radical (unpaired) electrons. The van der Waals surface area contributed by atoms with E-state index in [4.69, 9.17) is 4.74 Å². The molecule has 0 amide bonds. The standard InChI is InChI=1S/C15H25NO3/c1-6-10-16(11-7-2)14(15(18)19-9-4)12(5)13(17)8-3/h6-7,12,14H,1-2,8-11H2,3-5H3/t12-,14-/m1/s1. The number of ether oxygens (including phenoxy) is 1. The molecule has 0 saturated carbocycles. The molecule has 0 aliphatic carbocycles. The van der Waals surface area contributed by atoms with Gasteiger partial charge in [0, 0.05) is 25.4 Å². The predicted molar refractivity (Wildman–Crippen MR) is 76.9 cm³/mol. The fourth-order valence-corrected chi connectivity index (χ4v) is 2.03. The molecule has 0 rings (SSSR count). The summed E-state index contributed by atoms with van der Waals surface area (Å²) in [6, 6.07) is -0.580. The Hall–Kier alpha value is -1.42. The molecule has 19 heavy (non-hydrogen) atoms. The average Bonchev–Trinajstić information content (AvgIpc) is 2.38. The quantitative estimate of drug-likeness (QED) is 0.450. The molecule has 4 nitrogen and oxygen atoms in total. The highest BCUT2D eigenvalue weighted by atomic mass is 16.5. The molecule has 0 N–H and O–H groups in total. The minimum absolute atomic E-state index is 0.0520. The second-order valence-electron chi connectivity index (χ2n) is 4.34. The van der Waals surface area contributed by atoms with Crippen molar-refractivity contribution in [2.24, 2.45) is 5.92 Å². The van der Waals surface area contributed by atoms with Gasteiger partial charge in [-0.3, -0.25) is 14.5 Å². The van der Waals surface area contributed by atoms with Crippen molar-refractivity contribution in [3.63, 3.8) is 0 Å². The van der Waals surface area contributed by atoms with Gasteiger partial charge in [0.2, 0.25) is 0 Å². The summed E-state index contributed by atoms with van der Waals surface area (Å²) < 4.78 is 5.09. The average molecular weight is 267 g/mol. The number of hydrogen-bond acceptors (Lipinski definition) is 4. The summed E-state index contributed by atoms with van der Waals surface area (Å²) in [7, 11) is 0. The van der Waals surface area contributed by atoms with Gasteiger partial charge in [-0.15, -0.1) is 13.2 Å². The summed E-state index contributed by atoms with van der Waals surface area (Å²) in [5, 5.41) is 0. The van der Waals surface area contributed by atoms with Gasteiger partial charge >= 0.3 is 5.97 Å². The van der Waals surface area contributed by atoms with Crippen LogP contribution >= 0.6 is 0 Å². The zero-order valence-corrected chi connectivity index (χ0v) is 12.2. The van der Waals surface area contributed by atoms with Crippen LogP contribution in [0.5, 0.6) is 0 Å². The number of nitrogens with zero attached hydrogens (tertiary/aromatic N) is 1. The van der Waals surface area contributed by atoms with Crippen LogP contribution in [0.1, 0.15) is 27.2 Å². The summed E-state index contributed by atoms with van der Waals surface area (Å²) in [5.41, 5.74) is 0. The van der Waals surface area contributed by atoms with E-state index in [1.807, 2.05) is 4.90 Å². The molecule has 2 atom stereocenters. The lowest BCUT2D eigenvalue weighted by molar-refractivity contribution is -0.153. The first-order valence-electron chi connectivity index (χ1n) is 6.68. The SMILES string of the molecule is C=CCN(CC=C)[C@@H](C(=O)OCC)[C@H](C)C(=O)CC. The Bertz CT molecular complexity index is 315. The van der Waals surface area contributed by atoms with Gasteiger partial charge in [0.25, 0.3) is 0 Å². The lowest BCUT2D eigenvalue weighted by Crippen LogP contribution is -2.48. The van der Waals surface area contributed by atoms with Crippen LogP contribution in [0.2, 0.25) is 0 Å². The van der Waals surface area contributed by atoms with Gasteiger partial charge in [-0.1, -0.05) is 26.0 Å². The van der Waals surface area contributed by atoms with Crippen LogP contribution in [0, 0.1) is 5.92 Å². The number of hydrogen-bond donors (Lipinski definition) is 0. The third kappa shape index (κ3) is 5.39. The molecule has 0 saturated heterocycles. The molecule has 0 spiro atoms. The van der Waals surface area contributed by atoms with Gasteiger partial charge in [-0.25, -0.2) is 0 Å². The molecule has 0 fully saturated rings. The number of Topliss-reactive ketones (excluding diaryl/α,β-unsaturated/α-hetero) is 1. The van der Waals surface area contributed by atoms with Crippen molar-refractivity contribution >= 4 is 11.8 Å². The summed E-state index contributed by atoms with van der Waals surface area (Å²) >= 11 is 0. The first-order chi connectivity index (χ1) is 9.03. The predicted octanol–water partition coefficient (Wildman–Crippen LogP) is 2.21. The molecule has 0 unspecified atom stereocenters. The fourth-order valence-electron chi connectivity index (χ4n) is 2.03. The van der Waals surface area contributed by atoms with Gasteiger partial charge < -0.3 is 4.74 Å². The van der Waals surface area contributed by atoms with Gasteiger partial charge in [0.15, 0.2) is 0 Å². The van der Waals surface area contributed by atoms with E-state index in [2.05, 4.69) is 13.2 Å². The molecule has 0 aliphatic heterocycles. The summed E-state index contributed by atoms with van der Waals surface area (Å²) in [6.45, 7) is 14.0. The smallest absolute Gasteiger partial charge is 0.324 e. The third-order valence-electron chi connectivity index (χ3n) is 2.98. The van der Waals surface area contributed by atoms with E-state index in [-0.39, 0.29) is 11.8 Å². The van der Waals surface area contributed by atoms with E-state index in [1.165, 1.54) is 0 Å². The van der Waals surface area contributed by atoms with E-state index >= 15 is 0 Å². The molecule has 0 aromatic heterocycles. The minimum atomic E-state index is -0.580. The number of ketones is 1. The third-order valence-corrected chi connectivity index (χ3v) is 2.98. The fraction of sp³-hybridized carbons (Fsp3) is 0.600. The van der Waals surface area contributed by atoms with Crippen molar-refractivity contribution in [3.05, 3.63) is 25.3 Å². The maximum atomic E-state index is 12.1. The molecule has 4 heteroatoms. The second-order valence-corrected chi connectivity index (χ2v) is 4.34. The Morgan fingerprint density at radius 2 is 1.74 bits per heavy atom. The first-order valence-corrected chi connectivity index (χ1v) is 6.68. The Kier molecular flexibility index (Phi) is 8.79. The lowest BCUT2D eigenvalue weighted by atomic mass is 9.94. The zero-order valence-electron chi connectivity index (χ0n) is 12.2. The molecule has 0 aromatic carbocycles. The second kappa shape index (κ2) is 9.50. The Labute approximate surface area is 116 Å². The van der Waals surface area contributed by atoms with Crippen LogP contribution in [-0.4, -0.2) is 42.4 Å². The summed E-state index contributed by atoms with van der Waals surface area (Å²) in [6.07, 6.45) is 3.82. The van der Waals surface area contributed by atoms with Crippen molar-refractivity contribution in [1.29, 1.82) is 0 Å². The summed E-state index contributed by atoms with van der Waals surface area (Å²) in [5.74, 6) is -0.708. The minimum Gasteiger partial charge on any atom is -0.465 e. The van der Waals surface area contributed by atoms with E-state index in [0.29, 0.717) is 26.1 Å². The van der Waals surface area contributed by atoms with E-state index in [1.54, 1.807) is 32.9 Å². The highest BCUT2D eigenvalue weighted by molar-refractivity contribution is 5.88. The van der Waals surface area contributed by atoms with Crippen LogP contribution in [0.25, 0.3) is 0 Å². The maximum Gasteiger partial charge on any atom is 0.324 e. The number of carbonyl (C=O) groups is 2. The van der Waals surface area contributed by atoms with Gasteiger partial charge in [-0.05, 0) is 6.92 Å². The largest absolute Gasteiger partial charge is 0.465 e. The zero-order chi connectivity index (χ0) is 14.8. The van der Waals surface area contributed by atoms with Gasteiger partial charge in [0.1, 0.15) is 11.8 Å². The highest BCUT2D eigenvalue weighted by Gasteiger charge is 2.34. The van der Waals surface area contributed by atoms with Gasteiger partial charge in [-0.2, -0.15) is 0 Å². The molecule has 0 aromatic rings. The van der Waals surface area contributed by atoms with Crippen LogP contribution in [-0.2, 0) is 14.3 Å². The van der Waals surface area contributed by atoms with Crippen molar-refractivity contribution in [3.8, 4) is 0 Å². The van der Waals surface area contributed by atoms with Crippen molar-refractivity contribution in [2.45, 2.75) is 33.2 Å². The van der Waals surface area contributed by atoms with E-state index in [9.17, 15) is 9.59 Å². The van der Waals surface area contributed by atoms with Gasteiger partial charge in [0.05, 0.1) is 6.61 Å². The van der Waals surface area contributed by atoms with Crippen molar-refractivity contribution in [1.82, 2.24) is 4.90 Å². The van der Waals surface area contributed by atoms with Crippen LogP contribution in [0.3, 0.4) is 0 Å². The topological polar surface area (TPSA) is 46.6 Å². The molecule has 0 heterocycles. The number of esters is 1. The molecular formula is C15H25NO3. The van der Waals surface area contributed by atoms with Crippen LogP contribution < -0.4 is 0 Å². The normalized spacial score (nSPS) is 13.7. The van der Waals surface area contributed by atoms with Crippen molar-refractivity contribution in [2.75, 3.05) is 19.7 Å². The maximum absolute atomic E-state index is 12.1. The van der Waals surface area contributed by atoms with Crippen LogP contribution in [0.4, 0.5) is 0 Å². The Balaban J connectivity index is 5.20. The molecule has 108 valence electrons. The molecule has 0 bridgehead atoms. The van der Waals surface area contributed by atoms with E-state index in [0.717, 1.165) is 0 Å². The van der Waals surface area contributed by atoms with E-state index < -0.39 is 12.0 Å². The van der Waals surface area contributed by atoms with Crippen LogP contribution in [0.15, 0.2) is 25.3 Å². The first kappa shape index (κ1) is 17.6.